The minimum absolute atomic E-state index is 0.141. The predicted octanol–water partition coefficient (Wildman–Crippen LogP) is 4.81. The zero-order valence-corrected chi connectivity index (χ0v) is 19.3. The number of oxime groups is 1. The molecule has 174 valence electrons. The topological polar surface area (TPSA) is 90.1 Å². The van der Waals surface area contributed by atoms with Gasteiger partial charge in [0.05, 0.1) is 18.4 Å². The minimum Gasteiger partial charge on any atom is -0.411 e. The van der Waals surface area contributed by atoms with Crippen molar-refractivity contribution < 1.29 is 20.2 Å². The van der Waals surface area contributed by atoms with Gasteiger partial charge in [-0.25, -0.2) is 0 Å². The van der Waals surface area contributed by atoms with Gasteiger partial charge in [-0.1, -0.05) is 41.9 Å². The monoisotopic (exact) mass is 447 g/mol. The van der Waals surface area contributed by atoms with E-state index < -0.39 is 5.60 Å². The summed E-state index contributed by atoms with van der Waals surface area (Å²) in [4.78, 5) is 11.9. The lowest BCUT2D eigenvalue weighted by Gasteiger charge is -2.51. The van der Waals surface area contributed by atoms with Gasteiger partial charge in [0.2, 0.25) is 0 Å². The fourth-order valence-corrected chi connectivity index (χ4v) is 7.18. The highest BCUT2D eigenvalue weighted by Crippen LogP contribution is 2.64. The van der Waals surface area contributed by atoms with Crippen molar-refractivity contribution in [2.45, 2.75) is 63.9 Å². The lowest BCUT2D eigenvalue weighted by atomic mass is 9.55. The first-order valence-electron chi connectivity index (χ1n) is 12.2. The van der Waals surface area contributed by atoms with Crippen molar-refractivity contribution in [3.05, 3.63) is 64.3 Å². The second-order valence-corrected chi connectivity index (χ2v) is 10.5. The van der Waals surface area contributed by atoms with E-state index in [0.29, 0.717) is 24.7 Å². The number of benzene rings is 1. The highest BCUT2D eigenvalue weighted by atomic mass is 16.4. The van der Waals surface area contributed by atoms with Gasteiger partial charge in [-0.3, -0.25) is 4.79 Å². The van der Waals surface area contributed by atoms with Crippen molar-refractivity contribution in [2.24, 2.45) is 22.4 Å². The minimum atomic E-state index is -0.962. The van der Waals surface area contributed by atoms with Crippen LogP contribution < -0.4 is 0 Å². The molecule has 0 unspecified atom stereocenters. The molecule has 3 N–H and O–H groups in total. The Morgan fingerprint density at radius 2 is 1.91 bits per heavy atom. The van der Waals surface area contributed by atoms with Crippen LogP contribution in [-0.4, -0.2) is 39.6 Å². The highest BCUT2D eigenvalue weighted by Gasteiger charge is 2.60. The first-order chi connectivity index (χ1) is 15.9. The number of carbonyl (C=O) groups excluding carboxylic acids is 1. The fraction of sp³-hybridized carbons (Fsp3) is 0.500. The van der Waals surface area contributed by atoms with Crippen molar-refractivity contribution in [3.8, 4) is 0 Å². The van der Waals surface area contributed by atoms with Crippen LogP contribution in [0.1, 0.15) is 69.4 Å². The number of fused-ring (bicyclic) bond motifs is 4. The number of ketones is 1. The predicted molar refractivity (Wildman–Crippen MR) is 128 cm³/mol. The van der Waals surface area contributed by atoms with E-state index in [4.69, 9.17) is 5.21 Å². The molecule has 5 nitrogen and oxygen atoms in total. The van der Waals surface area contributed by atoms with Crippen LogP contribution in [-0.2, 0) is 4.79 Å². The zero-order valence-electron chi connectivity index (χ0n) is 19.3. The molecule has 0 heterocycles. The standard InChI is InChI=1S/C28H33NO4/c1-27-12-10-24-23-9-7-22(31)14-20(23)6-8-25(24)26(27)11-13-28(27,32)15-21(17-30)19-4-2-18(3-5-19)16-29-33/h2-5,14-16,25-26,30,32-33H,6-13,17H2,1H3/b21-15+,29-16?/t25-,26+,27+,28-/m1/s1. The summed E-state index contributed by atoms with van der Waals surface area (Å²) >= 11 is 0. The molecule has 1 aromatic carbocycles. The zero-order chi connectivity index (χ0) is 23.2. The van der Waals surface area contributed by atoms with Gasteiger partial charge < -0.3 is 15.4 Å². The fourth-order valence-electron chi connectivity index (χ4n) is 7.18. The van der Waals surface area contributed by atoms with Crippen molar-refractivity contribution >= 4 is 17.6 Å². The molecule has 4 atom stereocenters. The van der Waals surface area contributed by atoms with E-state index in [0.717, 1.165) is 55.2 Å². The number of rotatable bonds is 4. The lowest BCUT2D eigenvalue weighted by Crippen LogP contribution is -2.49. The lowest BCUT2D eigenvalue weighted by molar-refractivity contribution is -0.114. The summed E-state index contributed by atoms with van der Waals surface area (Å²) in [6.45, 7) is 2.10. The van der Waals surface area contributed by atoms with Gasteiger partial charge in [-0.15, -0.1) is 0 Å². The number of hydrogen-bond donors (Lipinski definition) is 3. The van der Waals surface area contributed by atoms with Crippen LogP contribution in [0.5, 0.6) is 0 Å². The van der Waals surface area contributed by atoms with Gasteiger partial charge in [0.15, 0.2) is 5.78 Å². The van der Waals surface area contributed by atoms with Crippen LogP contribution in [0.25, 0.3) is 5.57 Å². The third-order valence-corrected chi connectivity index (χ3v) is 9.02. The molecule has 4 aliphatic carbocycles. The van der Waals surface area contributed by atoms with Crippen LogP contribution in [0.3, 0.4) is 0 Å². The van der Waals surface area contributed by atoms with Crippen LogP contribution in [0, 0.1) is 17.3 Å². The normalized spacial score (nSPS) is 34.2. The van der Waals surface area contributed by atoms with Crippen LogP contribution in [0.2, 0.25) is 0 Å². The first kappa shape index (κ1) is 22.3. The maximum atomic E-state index is 12.0. The maximum Gasteiger partial charge on any atom is 0.156 e. The van der Waals surface area contributed by atoms with Crippen LogP contribution in [0.4, 0.5) is 0 Å². The molecule has 0 bridgehead atoms. The molecule has 0 amide bonds. The molecule has 2 fully saturated rings. The Balaban J connectivity index is 1.46. The molecule has 0 radical (unpaired) electrons. The van der Waals surface area contributed by atoms with Gasteiger partial charge in [-0.05, 0) is 96.8 Å². The molecular formula is C28H33NO4. The SMILES string of the molecule is C[C@]12CCC3=C4CCC(=O)C=C4CC[C@H]3[C@@H]1CC[C@@]2(O)/C=C(\CO)c1ccc(C=NO)cc1. The molecule has 4 aliphatic rings. The molecule has 0 saturated heterocycles. The Labute approximate surface area is 195 Å². The number of hydrogen-bond acceptors (Lipinski definition) is 5. The second kappa shape index (κ2) is 8.37. The summed E-state index contributed by atoms with van der Waals surface area (Å²) in [7, 11) is 0. The van der Waals surface area contributed by atoms with E-state index in [1.807, 2.05) is 36.4 Å². The average Bonchev–Trinajstić information content (AvgIpc) is 3.08. The first-order valence-corrected chi connectivity index (χ1v) is 12.2. The summed E-state index contributed by atoms with van der Waals surface area (Å²) in [5, 5.41) is 33.9. The summed E-state index contributed by atoms with van der Waals surface area (Å²) in [5.74, 6) is 1.17. The van der Waals surface area contributed by atoms with E-state index in [2.05, 4.69) is 12.1 Å². The molecular weight excluding hydrogens is 414 g/mol. The Kier molecular flexibility index (Phi) is 5.66. The quantitative estimate of drug-likeness (QED) is 0.351. The maximum absolute atomic E-state index is 12.0. The number of nitrogens with zero attached hydrogens (tertiary/aromatic N) is 1. The van der Waals surface area contributed by atoms with Crippen LogP contribution >= 0.6 is 0 Å². The van der Waals surface area contributed by atoms with Gasteiger partial charge in [0, 0.05) is 11.8 Å². The van der Waals surface area contributed by atoms with Gasteiger partial charge in [0.25, 0.3) is 0 Å². The third-order valence-electron chi connectivity index (χ3n) is 9.02. The summed E-state index contributed by atoms with van der Waals surface area (Å²) in [6.07, 6.45) is 12.3. The Bertz CT molecular complexity index is 1080. The van der Waals surface area contributed by atoms with Crippen LogP contribution in [0.15, 0.2) is 58.3 Å². The molecule has 5 heteroatoms. The molecule has 2 saturated carbocycles. The number of carbonyl (C=O) groups is 1. The average molecular weight is 448 g/mol. The molecule has 0 spiro atoms. The Morgan fingerprint density at radius 3 is 2.64 bits per heavy atom. The number of aliphatic hydroxyl groups is 2. The van der Waals surface area contributed by atoms with E-state index in [1.165, 1.54) is 17.4 Å². The van der Waals surface area contributed by atoms with Crippen molar-refractivity contribution in [2.75, 3.05) is 6.61 Å². The molecule has 1 aromatic rings. The summed E-state index contributed by atoms with van der Waals surface area (Å²) in [6, 6.07) is 7.45. The molecule has 33 heavy (non-hydrogen) atoms. The number of aliphatic hydroxyl groups excluding tert-OH is 1. The van der Waals surface area contributed by atoms with E-state index in [-0.39, 0.29) is 17.8 Å². The van der Waals surface area contributed by atoms with Gasteiger partial charge in [0.1, 0.15) is 0 Å². The smallest absolute Gasteiger partial charge is 0.156 e. The number of allylic oxidation sites excluding steroid dienone is 4. The van der Waals surface area contributed by atoms with Gasteiger partial charge >= 0.3 is 0 Å². The highest BCUT2D eigenvalue weighted by molar-refractivity contribution is 5.93. The summed E-state index contributed by atoms with van der Waals surface area (Å²) in [5.41, 5.74) is 5.44. The van der Waals surface area contributed by atoms with Crippen molar-refractivity contribution in [1.29, 1.82) is 0 Å². The van der Waals surface area contributed by atoms with Gasteiger partial charge in [-0.2, -0.15) is 0 Å². The molecule has 5 rings (SSSR count). The van der Waals surface area contributed by atoms with E-state index in [1.54, 1.807) is 5.57 Å². The molecule has 0 aromatic heterocycles. The molecule has 0 aliphatic heterocycles. The summed E-state index contributed by atoms with van der Waals surface area (Å²) < 4.78 is 0. The van der Waals surface area contributed by atoms with E-state index >= 15 is 0 Å². The third kappa shape index (κ3) is 3.62. The Hall–Kier alpha value is -2.50. The van der Waals surface area contributed by atoms with Crippen molar-refractivity contribution in [1.82, 2.24) is 0 Å². The largest absolute Gasteiger partial charge is 0.411 e. The van der Waals surface area contributed by atoms with E-state index in [9.17, 15) is 15.0 Å². The second-order valence-electron chi connectivity index (χ2n) is 10.5. The van der Waals surface area contributed by atoms with Crippen molar-refractivity contribution in [3.63, 3.8) is 0 Å². The Morgan fingerprint density at radius 1 is 1.12 bits per heavy atom.